The Kier molecular flexibility index (Phi) is 5.21. The van der Waals surface area contributed by atoms with E-state index in [1.807, 2.05) is 48.5 Å². The minimum Gasteiger partial charge on any atom is -0.497 e. The molecular weight excluding hydrogens is 424 g/mol. The van der Waals surface area contributed by atoms with Crippen LogP contribution in [0, 0.1) is 0 Å². The second kappa shape index (κ2) is 8.06. The molecule has 5 rings (SSSR count). The molecule has 3 aromatic rings. The summed E-state index contributed by atoms with van der Waals surface area (Å²) in [5, 5.41) is 0.829. The second-order valence-electron chi connectivity index (χ2n) is 8.22. The van der Waals surface area contributed by atoms with Gasteiger partial charge in [0.25, 0.3) is 5.91 Å². The zero-order chi connectivity index (χ0) is 22.3. The van der Waals surface area contributed by atoms with E-state index in [1.54, 1.807) is 12.0 Å². The first-order valence-corrected chi connectivity index (χ1v) is 12.5. The third kappa shape index (κ3) is 3.77. The lowest BCUT2D eigenvalue weighted by Gasteiger charge is -2.28. The largest absolute Gasteiger partial charge is 0.497 e. The highest BCUT2D eigenvalue weighted by Gasteiger charge is 2.31. The Morgan fingerprint density at radius 1 is 1.03 bits per heavy atom. The molecule has 0 radical (unpaired) electrons. The minimum atomic E-state index is -3.06. The number of para-hydroxylation sites is 1. The Labute approximate surface area is 187 Å². The first kappa shape index (κ1) is 20.7. The molecule has 0 unspecified atom stereocenters. The molecule has 1 amide bonds. The van der Waals surface area contributed by atoms with E-state index in [0.717, 1.165) is 51.9 Å². The number of nitrogens with zero attached hydrogens (tertiary/aromatic N) is 2. The van der Waals surface area contributed by atoms with E-state index in [0.29, 0.717) is 5.56 Å². The highest BCUT2D eigenvalue weighted by molar-refractivity contribution is 7.91. The topological polar surface area (TPSA) is 76.6 Å². The zero-order valence-electron chi connectivity index (χ0n) is 17.9. The molecular formula is C25H24N2O4S. The molecule has 2 aliphatic rings. The second-order valence-corrected chi connectivity index (χ2v) is 10.5. The first-order chi connectivity index (χ1) is 15.4. The van der Waals surface area contributed by atoms with Crippen molar-refractivity contribution in [3.05, 3.63) is 70.9 Å². The number of pyridine rings is 1. The summed E-state index contributed by atoms with van der Waals surface area (Å²) in [6.07, 6.45) is 3.66. The van der Waals surface area contributed by atoms with Gasteiger partial charge in [-0.05, 0) is 53.8 Å². The summed E-state index contributed by atoms with van der Waals surface area (Å²) in [6.45, 7) is 0.474. The predicted octanol–water partition coefficient (Wildman–Crippen LogP) is 3.60. The Bertz CT molecular complexity index is 1330. The van der Waals surface area contributed by atoms with E-state index in [1.165, 1.54) is 0 Å². The van der Waals surface area contributed by atoms with Crippen LogP contribution in [0.1, 0.15) is 33.6 Å². The van der Waals surface area contributed by atoms with Crippen LogP contribution in [0.5, 0.6) is 5.75 Å². The summed E-state index contributed by atoms with van der Waals surface area (Å²) >= 11 is 0. The van der Waals surface area contributed by atoms with Crippen molar-refractivity contribution in [3.8, 4) is 5.75 Å². The minimum absolute atomic E-state index is 0.0204. The molecule has 2 heterocycles. The van der Waals surface area contributed by atoms with E-state index < -0.39 is 9.84 Å². The van der Waals surface area contributed by atoms with Gasteiger partial charge in [0.1, 0.15) is 5.75 Å². The average Bonchev–Trinajstić information content (AvgIpc) is 3.19. The van der Waals surface area contributed by atoms with E-state index in [2.05, 4.69) is 6.08 Å². The molecule has 0 spiro atoms. The van der Waals surface area contributed by atoms with E-state index in [4.69, 9.17) is 9.72 Å². The molecule has 0 bridgehead atoms. The van der Waals surface area contributed by atoms with Crippen LogP contribution in [0.4, 0.5) is 0 Å². The van der Waals surface area contributed by atoms with Crippen molar-refractivity contribution in [2.75, 3.05) is 31.7 Å². The number of ether oxygens (including phenoxy) is 1. The smallest absolute Gasteiger partial charge is 0.254 e. The van der Waals surface area contributed by atoms with Gasteiger partial charge in [0.2, 0.25) is 0 Å². The highest BCUT2D eigenvalue weighted by Crippen LogP contribution is 2.38. The molecule has 1 aliphatic heterocycles. The molecule has 1 fully saturated rings. The summed E-state index contributed by atoms with van der Waals surface area (Å²) in [6, 6.07) is 15.6. The fourth-order valence-corrected chi connectivity index (χ4v) is 5.70. The lowest BCUT2D eigenvalue weighted by Crippen LogP contribution is -2.44. The molecule has 2 aromatic carbocycles. The van der Waals surface area contributed by atoms with Gasteiger partial charge >= 0.3 is 0 Å². The van der Waals surface area contributed by atoms with Crippen LogP contribution in [0.3, 0.4) is 0 Å². The molecule has 1 saturated heterocycles. The van der Waals surface area contributed by atoms with Gasteiger partial charge in [-0.15, -0.1) is 0 Å². The summed E-state index contributed by atoms with van der Waals surface area (Å²) in [4.78, 5) is 20.2. The maximum absolute atomic E-state index is 13.6. The normalized spacial score (nSPS) is 18.7. The van der Waals surface area contributed by atoms with Gasteiger partial charge in [-0.25, -0.2) is 13.4 Å². The Morgan fingerprint density at radius 2 is 1.75 bits per heavy atom. The van der Waals surface area contributed by atoms with E-state index >= 15 is 0 Å². The summed E-state index contributed by atoms with van der Waals surface area (Å²) in [7, 11) is -1.41. The Morgan fingerprint density at radius 3 is 2.47 bits per heavy atom. The Balaban J connectivity index is 1.59. The molecule has 7 heteroatoms. The maximum atomic E-state index is 13.6. The van der Waals surface area contributed by atoms with Gasteiger partial charge in [-0.1, -0.05) is 30.3 Å². The fraction of sp³-hybridized carbons (Fsp3) is 0.280. The molecule has 164 valence electrons. The quantitative estimate of drug-likeness (QED) is 0.612. The van der Waals surface area contributed by atoms with E-state index in [9.17, 15) is 13.2 Å². The third-order valence-corrected chi connectivity index (χ3v) is 7.85. The molecule has 0 saturated carbocycles. The zero-order valence-corrected chi connectivity index (χ0v) is 18.7. The van der Waals surface area contributed by atoms with Crippen molar-refractivity contribution in [1.82, 2.24) is 9.88 Å². The highest BCUT2D eigenvalue weighted by atomic mass is 32.2. The SMILES string of the molecule is COc1ccc(/C=C2/CCc3c2nc2ccccc2c3C(=O)N2CCS(=O)(=O)CC2)cc1. The van der Waals surface area contributed by atoms with Crippen molar-refractivity contribution in [3.63, 3.8) is 0 Å². The molecule has 1 aromatic heterocycles. The van der Waals surface area contributed by atoms with Crippen molar-refractivity contribution in [2.24, 2.45) is 0 Å². The number of aromatic nitrogens is 1. The van der Waals surface area contributed by atoms with Crippen molar-refractivity contribution in [2.45, 2.75) is 12.8 Å². The predicted molar refractivity (Wildman–Crippen MR) is 125 cm³/mol. The van der Waals surface area contributed by atoms with Crippen molar-refractivity contribution in [1.29, 1.82) is 0 Å². The number of fused-ring (bicyclic) bond motifs is 2. The number of carbonyl (C=O) groups is 1. The van der Waals surface area contributed by atoms with Crippen molar-refractivity contribution < 1.29 is 17.9 Å². The van der Waals surface area contributed by atoms with Crippen LogP contribution in [0.2, 0.25) is 0 Å². The average molecular weight is 449 g/mol. The number of sulfone groups is 1. The number of benzene rings is 2. The van der Waals surface area contributed by atoms with E-state index in [-0.39, 0.29) is 30.5 Å². The number of rotatable bonds is 3. The van der Waals surface area contributed by atoms with Crippen LogP contribution >= 0.6 is 0 Å². The summed E-state index contributed by atoms with van der Waals surface area (Å²) in [5.74, 6) is 0.749. The van der Waals surface area contributed by atoms with Crippen LogP contribution in [0.15, 0.2) is 48.5 Å². The van der Waals surface area contributed by atoms with Gasteiger partial charge in [-0.3, -0.25) is 4.79 Å². The Hall–Kier alpha value is -3.19. The number of carbonyl (C=O) groups excluding carboxylic acids is 1. The standard InChI is InChI=1S/C25H24N2O4S/c1-31-19-9-6-17(7-10-19)16-18-8-11-21-23(20-4-2-3-5-22(20)26-24(18)21)25(28)27-12-14-32(29,30)15-13-27/h2-7,9-10,16H,8,11-15H2,1H3/b18-16-. The molecule has 32 heavy (non-hydrogen) atoms. The van der Waals surface area contributed by atoms with Crippen LogP contribution in [0.25, 0.3) is 22.6 Å². The monoisotopic (exact) mass is 448 g/mol. The first-order valence-electron chi connectivity index (χ1n) is 10.7. The van der Waals surface area contributed by atoms with Gasteiger partial charge in [-0.2, -0.15) is 0 Å². The summed E-state index contributed by atoms with van der Waals surface area (Å²) in [5.41, 5.74) is 5.43. The number of methoxy groups -OCH3 is 1. The van der Waals surface area contributed by atoms with Gasteiger partial charge in [0.15, 0.2) is 9.84 Å². The molecule has 6 nitrogen and oxygen atoms in total. The fourth-order valence-electron chi connectivity index (χ4n) is 4.50. The number of hydrogen-bond acceptors (Lipinski definition) is 5. The van der Waals surface area contributed by atoms with Crippen molar-refractivity contribution >= 4 is 38.3 Å². The number of hydrogen-bond donors (Lipinski definition) is 0. The molecule has 0 atom stereocenters. The lowest BCUT2D eigenvalue weighted by atomic mass is 9.99. The van der Waals surface area contributed by atoms with Gasteiger partial charge in [0.05, 0.1) is 35.4 Å². The van der Waals surface area contributed by atoms with Crippen LogP contribution in [-0.2, 0) is 16.3 Å². The summed E-state index contributed by atoms with van der Waals surface area (Å²) < 4.78 is 28.9. The number of allylic oxidation sites excluding steroid dienone is 1. The number of amides is 1. The molecule has 1 aliphatic carbocycles. The maximum Gasteiger partial charge on any atom is 0.254 e. The molecule has 0 N–H and O–H groups in total. The van der Waals surface area contributed by atoms with Crippen LogP contribution < -0.4 is 4.74 Å². The van der Waals surface area contributed by atoms with Crippen LogP contribution in [-0.4, -0.2) is 55.9 Å². The third-order valence-electron chi connectivity index (χ3n) is 6.24. The van der Waals surface area contributed by atoms with Gasteiger partial charge < -0.3 is 9.64 Å². The lowest BCUT2D eigenvalue weighted by molar-refractivity contribution is 0.0771. The van der Waals surface area contributed by atoms with Gasteiger partial charge in [0, 0.05) is 18.5 Å².